The molecule has 0 saturated carbocycles. The fraction of sp³-hybridized carbons (Fsp3) is 0.273. The summed E-state index contributed by atoms with van der Waals surface area (Å²) in [4.78, 5) is 4.55. The van der Waals surface area contributed by atoms with E-state index in [1.54, 1.807) is 13.1 Å². The molecule has 0 aliphatic heterocycles. The lowest BCUT2D eigenvalue weighted by Gasteiger charge is -2.18. The first-order chi connectivity index (χ1) is 8.60. The van der Waals surface area contributed by atoms with E-state index in [1.807, 2.05) is 12.3 Å². The van der Waals surface area contributed by atoms with Gasteiger partial charge in [0.25, 0.3) is 0 Å². The highest BCUT2D eigenvalue weighted by Crippen LogP contribution is 2.11. The third kappa shape index (κ3) is 5.55. The molecule has 0 radical (unpaired) electrons. The standard InChI is InChI=1S/C11H20N6S/c1-4-17(11(14)15-2)16-7-5-6-9(13)10(8-12)18-3/h4-6,8,12,16H,1,7,13H2,2-3H3,(H2,14,15)/b6-5+,10-9+,12-8?. The van der Waals surface area contributed by atoms with Crippen LogP contribution in [0.4, 0.5) is 0 Å². The molecule has 0 atom stereocenters. The molecule has 0 aliphatic carbocycles. The highest BCUT2D eigenvalue weighted by Gasteiger charge is 1.99. The number of guanidine groups is 1. The van der Waals surface area contributed by atoms with Crippen molar-refractivity contribution in [3.63, 3.8) is 0 Å². The number of hydrazine groups is 1. The van der Waals surface area contributed by atoms with Gasteiger partial charge in [0.1, 0.15) is 0 Å². The summed E-state index contributed by atoms with van der Waals surface area (Å²) < 4.78 is 0. The maximum atomic E-state index is 7.16. The van der Waals surface area contributed by atoms with E-state index < -0.39 is 0 Å². The Bertz CT molecular complexity index is 372. The highest BCUT2D eigenvalue weighted by atomic mass is 32.2. The van der Waals surface area contributed by atoms with Gasteiger partial charge in [-0.15, -0.1) is 11.8 Å². The van der Waals surface area contributed by atoms with Crippen molar-refractivity contribution in [1.29, 1.82) is 5.41 Å². The Morgan fingerprint density at radius 3 is 2.67 bits per heavy atom. The van der Waals surface area contributed by atoms with Crippen molar-refractivity contribution in [2.75, 3.05) is 19.8 Å². The van der Waals surface area contributed by atoms with Gasteiger partial charge >= 0.3 is 0 Å². The fourth-order valence-corrected chi connectivity index (χ4v) is 1.45. The molecule has 100 valence electrons. The van der Waals surface area contributed by atoms with Crippen LogP contribution in [-0.4, -0.2) is 37.0 Å². The summed E-state index contributed by atoms with van der Waals surface area (Å²) >= 11 is 1.43. The van der Waals surface area contributed by atoms with Crippen molar-refractivity contribution >= 4 is 23.9 Å². The summed E-state index contributed by atoms with van der Waals surface area (Å²) in [5.74, 6) is 0.325. The zero-order chi connectivity index (χ0) is 14.0. The maximum absolute atomic E-state index is 7.16. The third-order valence-electron chi connectivity index (χ3n) is 1.97. The molecule has 0 aromatic carbocycles. The van der Waals surface area contributed by atoms with Gasteiger partial charge in [-0.05, 0) is 12.3 Å². The zero-order valence-corrected chi connectivity index (χ0v) is 11.5. The van der Waals surface area contributed by atoms with Crippen LogP contribution < -0.4 is 16.9 Å². The quantitative estimate of drug-likeness (QED) is 0.234. The van der Waals surface area contributed by atoms with Gasteiger partial charge in [-0.3, -0.25) is 10.0 Å². The van der Waals surface area contributed by atoms with Crippen LogP contribution >= 0.6 is 11.8 Å². The average Bonchev–Trinajstić information content (AvgIpc) is 2.39. The molecule has 0 aromatic heterocycles. The van der Waals surface area contributed by atoms with Crippen LogP contribution in [0, 0.1) is 5.41 Å². The molecule has 18 heavy (non-hydrogen) atoms. The summed E-state index contributed by atoms with van der Waals surface area (Å²) in [6, 6.07) is 0. The lowest BCUT2D eigenvalue weighted by Crippen LogP contribution is -2.43. The molecule has 6 nitrogen and oxygen atoms in total. The van der Waals surface area contributed by atoms with E-state index in [-0.39, 0.29) is 0 Å². The van der Waals surface area contributed by atoms with E-state index in [4.69, 9.17) is 16.9 Å². The van der Waals surface area contributed by atoms with E-state index in [2.05, 4.69) is 17.0 Å². The fourth-order valence-electron chi connectivity index (χ4n) is 1.03. The van der Waals surface area contributed by atoms with Gasteiger partial charge in [0, 0.05) is 36.6 Å². The van der Waals surface area contributed by atoms with E-state index in [0.29, 0.717) is 18.2 Å². The van der Waals surface area contributed by atoms with Gasteiger partial charge in [0.05, 0.1) is 0 Å². The van der Waals surface area contributed by atoms with Crippen molar-refractivity contribution in [2.45, 2.75) is 0 Å². The molecule has 0 amide bonds. The van der Waals surface area contributed by atoms with E-state index in [1.165, 1.54) is 29.2 Å². The molecule has 0 saturated heterocycles. The third-order valence-corrected chi connectivity index (χ3v) is 2.76. The van der Waals surface area contributed by atoms with E-state index >= 15 is 0 Å². The Labute approximate surface area is 112 Å². The zero-order valence-electron chi connectivity index (χ0n) is 10.7. The van der Waals surface area contributed by atoms with Crippen LogP contribution in [0.5, 0.6) is 0 Å². The van der Waals surface area contributed by atoms with Crippen molar-refractivity contribution < 1.29 is 0 Å². The second-order valence-corrected chi connectivity index (χ2v) is 3.92. The molecule has 0 fully saturated rings. The highest BCUT2D eigenvalue weighted by molar-refractivity contribution is 8.03. The van der Waals surface area contributed by atoms with Gasteiger partial charge in [0.2, 0.25) is 5.96 Å². The minimum atomic E-state index is 0.325. The number of allylic oxidation sites excluding steroid dienone is 2. The molecule has 0 heterocycles. The van der Waals surface area contributed by atoms with Crippen molar-refractivity contribution in [2.24, 2.45) is 16.5 Å². The molecule has 0 rings (SSSR count). The summed E-state index contributed by atoms with van der Waals surface area (Å²) in [6.45, 7) is 4.13. The van der Waals surface area contributed by atoms with Gasteiger partial charge in [0.15, 0.2) is 0 Å². The number of nitrogens with zero attached hydrogens (tertiary/aromatic N) is 2. The molecular weight excluding hydrogens is 248 g/mol. The lowest BCUT2D eigenvalue weighted by atomic mass is 10.3. The Hall–Kier alpha value is -1.73. The number of hydrogen-bond donors (Lipinski definition) is 4. The number of hydrogen-bond acceptors (Lipinski definition) is 5. The van der Waals surface area contributed by atoms with Crippen LogP contribution in [0.2, 0.25) is 0 Å². The Kier molecular flexibility index (Phi) is 8.42. The minimum Gasteiger partial charge on any atom is -0.398 e. The first-order valence-corrected chi connectivity index (χ1v) is 6.41. The van der Waals surface area contributed by atoms with Crippen LogP contribution in [0.1, 0.15) is 0 Å². The van der Waals surface area contributed by atoms with Crippen molar-refractivity contribution in [3.05, 3.63) is 35.5 Å². The molecule has 0 aromatic rings. The van der Waals surface area contributed by atoms with Crippen LogP contribution in [-0.2, 0) is 0 Å². The topological polar surface area (TPSA) is 104 Å². The van der Waals surface area contributed by atoms with Gasteiger partial charge in [-0.1, -0.05) is 12.7 Å². The number of thioether (sulfide) groups is 1. The van der Waals surface area contributed by atoms with Crippen LogP contribution in [0.15, 0.2) is 40.5 Å². The molecule has 0 unspecified atom stereocenters. The number of nitrogens with two attached hydrogens (primary N) is 2. The second-order valence-electron chi connectivity index (χ2n) is 3.07. The molecule has 0 bridgehead atoms. The molecule has 7 heteroatoms. The molecule has 0 spiro atoms. The SMILES string of the molecule is C=CN(NC/C=C/C(N)=C(/C=N)SC)C(N)=NC. The van der Waals surface area contributed by atoms with Crippen LogP contribution in [0.25, 0.3) is 0 Å². The number of rotatable bonds is 7. The normalized spacial score (nSPS) is 13.3. The average molecular weight is 268 g/mol. The lowest BCUT2D eigenvalue weighted by molar-refractivity contribution is 0.426. The first kappa shape index (κ1) is 16.3. The minimum absolute atomic E-state index is 0.325. The Morgan fingerprint density at radius 2 is 2.22 bits per heavy atom. The first-order valence-electron chi connectivity index (χ1n) is 5.19. The summed E-state index contributed by atoms with van der Waals surface area (Å²) in [7, 11) is 1.60. The van der Waals surface area contributed by atoms with E-state index in [0.717, 1.165) is 4.91 Å². The Balaban J connectivity index is 4.38. The maximum Gasteiger partial charge on any atom is 0.209 e. The summed E-state index contributed by atoms with van der Waals surface area (Å²) in [5.41, 5.74) is 14.9. The smallest absolute Gasteiger partial charge is 0.209 e. The van der Waals surface area contributed by atoms with E-state index in [9.17, 15) is 0 Å². The predicted molar refractivity (Wildman–Crippen MR) is 80.2 cm³/mol. The predicted octanol–water partition coefficient (Wildman–Crippen LogP) is 0.620. The molecular formula is C11H20N6S. The summed E-state index contributed by atoms with van der Waals surface area (Å²) in [5, 5.41) is 8.67. The summed E-state index contributed by atoms with van der Waals surface area (Å²) in [6.07, 6.45) is 8.20. The second kappa shape index (κ2) is 9.32. The van der Waals surface area contributed by atoms with Gasteiger partial charge in [-0.2, -0.15) is 0 Å². The largest absolute Gasteiger partial charge is 0.398 e. The van der Waals surface area contributed by atoms with Gasteiger partial charge in [-0.25, -0.2) is 5.43 Å². The Morgan fingerprint density at radius 1 is 1.56 bits per heavy atom. The van der Waals surface area contributed by atoms with Crippen molar-refractivity contribution in [1.82, 2.24) is 10.4 Å². The van der Waals surface area contributed by atoms with Crippen LogP contribution in [0.3, 0.4) is 0 Å². The molecule has 6 N–H and O–H groups in total. The van der Waals surface area contributed by atoms with Gasteiger partial charge < -0.3 is 16.9 Å². The molecule has 0 aliphatic rings. The van der Waals surface area contributed by atoms with Crippen molar-refractivity contribution in [3.8, 4) is 0 Å². The number of aliphatic imine (C=N–C) groups is 1. The monoisotopic (exact) mass is 268 g/mol. The number of nitrogens with one attached hydrogen (secondary N) is 2.